The molecule has 3 aromatic rings. The second kappa shape index (κ2) is 8.59. The Kier molecular flexibility index (Phi) is 5.72. The fourth-order valence-corrected chi connectivity index (χ4v) is 4.09. The van der Waals surface area contributed by atoms with Crippen molar-refractivity contribution in [3.05, 3.63) is 77.6 Å². The van der Waals surface area contributed by atoms with Crippen molar-refractivity contribution < 1.29 is 14.0 Å². The predicted molar refractivity (Wildman–Crippen MR) is 117 cm³/mol. The van der Waals surface area contributed by atoms with E-state index in [2.05, 4.69) is 22.2 Å². The van der Waals surface area contributed by atoms with Gasteiger partial charge in [0.1, 0.15) is 5.82 Å². The van der Waals surface area contributed by atoms with Crippen LogP contribution in [0.15, 0.2) is 61.3 Å². The third-order valence-electron chi connectivity index (χ3n) is 4.79. The Morgan fingerprint density at radius 1 is 1.17 bits per heavy atom. The van der Waals surface area contributed by atoms with Crippen molar-refractivity contribution in [2.75, 3.05) is 10.6 Å². The van der Waals surface area contributed by atoms with E-state index >= 15 is 0 Å². The molecule has 7 heteroatoms. The molecular formula is C23H20FN3O2S. The van der Waals surface area contributed by atoms with Gasteiger partial charge in [-0.3, -0.25) is 9.59 Å². The number of aromatic nitrogens is 1. The van der Waals surface area contributed by atoms with Crippen LogP contribution in [0.4, 0.5) is 15.2 Å². The highest BCUT2D eigenvalue weighted by atomic mass is 32.1. The molecule has 1 heterocycles. The van der Waals surface area contributed by atoms with Crippen LogP contribution < -0.4 is 10.6 Å². The minimum atomic E-state index is -0.541. The van der Waals surface area contributed by atoms with Crippen molar-refractivity contribution >= 4 is 34.0 Å². The lowest BCUT2D eigenvalue weighted by atomic mass is 10.0. The Hall–Kier alpha value is -3.32. The molecule has 0 bridgehead atoms. The van der Waals surface area contributed by atoms with Crippen molar-refractivity contribution in [3.63, 3.8) is 0 Å². The van der Waals surface area contributed by atoms with E-state index in [0.717, 1.165) is 17.2 Å². The van der Waals surface area contributed by atoms with Gasteiger partial charge in [0.25, 0.3) is 0 Å². The zero-order valence-electron chi connectivity index (χ0n) is 16.2. The first kappa shape index (κ1) is 20.0. The molecule has 4 rings (SSSR count). The van der Waals surface area contributed by atoms with E-state index in [-0.39, 0.29) is 18.0 Å². The standard InChI is InChI=1S/C23H20FN3O2S/c1-2-21(28)26-19-9-8-17(12-18(19)24)16-5-3-4-14(10-16)11-22(29)27-23-25-13-20(30-23)15-6-7-15/h2-5,8-10,12-13,15H,1,6-7,11H2,(H,26,28)(H,25,27,29). The lowest BCUT2D eigenvalue weighted by Gasteiger charge is -2.09. The van der Waals surface area contributed by atoms with E-state index in [1.807, 2.05) is 30.5 Å². The molecule has 0 spiro atoms. The topological polar surface area (TPSA) is 71.1 Å². The summed E-state index contributed by atoms with van der Waals surface area (Å²) in [4.78, 5) is 29.3. The summed E-state index contributed by atoms with van der Waals surface area (Å²) < 4.78 is 14.3. The summed E-state index contributed by atoms with van der Waals surface area (Å²) in [7, 11) is 0. The van der Waals surface area contributed by atoms with Gasteiger partial charge in [-0.05, 0) is 53.7 Å². The molecule has 0 aliphatic heterocycles. The van der Waals surface area contributed by atoms with Crippen LogP contribution in [0.5, 0.6) is 0 Å². The Morgan fingerprint density at radius 3 is 2.70 bits per heavy atom. The summed E-state index contributed by atoms with van der Waals surface area (Å²) >= 11 is 1.53. The molecule has 1 aliphatic carbocycles. The molecule has 0 unspecified atom stereocenters. The van der Waals surface area contributed by atoms with Crippen LogP contribution in [-0.4, -0.2) is 16.8 Å². The number of carbonyl (C=O) groups is 2. The third-order valence-corrected chi connectivity index (χ3v) is 5.86. The van der Waals surface area contributed by atoms with Gasteiger partial charge >= 0.3 is 0 Å². The maximum absolute atomic E-state index is 14.3. The molecule has 2 amide bonds. The van der Waals surface area contributed by atoms with E-state index in [4.69, 9.17) is 0 Å². The van der Waals surface area contributed by atoms with Gasteiger partial charge in [0, 0.05) is 11.1 Å². The number of hydrogen-bond acceptors (Lipinski definition) is 4. The molecule has 0 radical (unpaired) electrons. The first-order valence-corrected chi connectivity index (χ1v) is 10.4. The van der Waals surface area contributed by atoms with Crippen molar-refractivity contribution in [2.45, 2.75) is 25.2 Å². The Morgan fingerprint density at radius 2 is 1.97 bits per heavy atom. The molecule has 30 heavy (non-hydrogen) atoms. The number of carbonyl (C=O) groups excluding carboxylic acids is 2. The largest absolute Gasteiger partial charge is 0.320 e. The average molecular weight is 421 g/mol. The van der Waals surface area contributed by atoms with Gasteiger partial charge in [0.15, 0.2) is 5.13 Å². The number of benzene rings is 2. The van der Waals surface area contributed by atoms with Gasteiger partial charge in [-0.15, -0.1) is 11.3 Å². The van der Waals surface area contributed by atoms with Gasteiger partial charge in [-0.2, -0.15) is 0 Å². The summed E-state index contributed by atoms with van der Waals surface area (Å²) in [6, 6.07) is 12.0. The van der Waals surface area contributed by atoms with Crippen molar-refractivity contribution in [1.82, 2.24) is 4.98 Å². The lowest BCUT2D eigenvalue weighted by molar-refractivity contribution is -0.115. The SMILES string of the molecule is C=CC(=O)Nc1ccc(-c2cccc(CC(=O)Nc3ncc(C4CC4)s3)c2)cc1F. The molecular weight excluding hydrogens is 401 g/mol. The summed E-state index contributed by atoms with van der Waals surface area (Å²) in [5.41, 5.74) is 2.34. The Labute approximate surface area is 177 Å². The molecule has 152 valence electrons. The minimum Gasteiger partial charge on any atom is -0.320 e. The highest BCUT2D eigenvalue weighted by molar-refractivity contribution is 7.15. The highest BCUT2D eigenvalue weighted by Gasteiger charge is 2.26. The minimum absolute atomic E-state index is 0.0909. The average Bonchev–Trinajstić information content (AvgIpc) is 3.49. The maximum Gasteiger partial charge on any atom is 0.247 e. The number of rotatable bonds is 7. The Bertz CT molecular complexity index is 1120. The van der Waals surface area contributed by atoms with E-state index in [0.29, 0.717) is 16.6 Å². The van der Waals surface area contributed by atoms with Gasteiger partial charge in [0.05, 0.1) is 12.1 Å². The number of halogens is 1. The smallest absolute Gasteiger partial charge is 0.247 e. The van der Waals surface area contributed by atoms with Crippen molar-refractivity contribution in [1.29, 1.82) is 0 Å². The van der Waals surface area contributed by atoms with Gasteiger partial charge in [0.2, 0.25) is 11.8 Å². The van der Waals surface area contributed by atoms with Crippen molar-refractivity contribution in [2.24, 2.45) is 0 Å². The van der Waals surface area contributed by atoms with E-state index in [9.17, 15) is 14.0 Å². The number of hydrogen-bond donors (Lipinski definition) is 2. The monoisotopic (exact) mass is 421 g/mol. The van der Waals surface area contributed by atoms with Gasteiger partial charge in [-0.1, -0.05) is 36.9 Å². The fourth-order valence-electron chi connectivity index (χ4n) is 3.09. The maximum atomic E-state index is 14.3. The van der Waals surface area contributed by atoms with Crippen LogP contribution in [0.1, 0.15) is 29.2 Å². The van der Waals surface area contributed by atoms with E-state index in [1.165, 1.54) is 41.2 Å². The van der Waals surface area contributed by atoms with E-state index in [1.54, 1.807) is 6.07 Å². The number of thiazole rings is 1. The Balaban J connectivity index is 1.44. The molecule has 1 aliphatic rings. The van der Waals surface area contributed by atoms with Gasteiger partial charge < -0.3 is 10.6 Å². The fraction of sp³-hybridized carbons (Fsp3) is 0.174. The molecule has 1 fully saturated rings. The zero-order chi connectivity index (χ0) is 21.1. The predicted octanol–water partition coefficient (Wildman–Crippen LogP) is 5.13. The first-order chi connectivity index (χ1) is 14.5. The van der Waals surface area contributed by atoms with Crippen LogP contribution in [0.2, 0.25) is 0 Å². The van der Waals surface area contributed by atoms with Crippen molar-refractivity contribution in [3.8, 4) is 11.1 Å². The molecule has 2 N–H and O–H groups in total. The molecule has 5 nitrogen and oxygen atoms in total. The van der Waals surface area contributed by atoms with Crippen LogP contribution in [0.25, 0.3) is 11.1 Å². The number of nitrogens with one attached hydrogen (secondary N) is 2. The summed E-state index contributed by atoms with van der Waals surface area (Å²) in [5, 5.41) is 5.90. The highest BCUT2D eigenvalue weighted by Crippen LogP contribution is 2.43. The van der Waals surface area contributed by atoms with Crippen LogP contribution in [0, 0.1) is 5.82 Å². The quantitative estimate of drug-likeness (QED) is 0.520. The number of anilines is 2. The number of nitrogens with zero attached hydrogens (tertiary/aromatic N) is 1. The second-order valence-electron chi connectivity index (χ2n) is 7.16. The van der Waals surface area contributed by atoms with E-state index < -0.39 is 11.7 Å². The van der Waals surface area contributed by atoms with Crippen LogP contribution in [0.3, 0.4) is 0 Å². The number of amides is 2. The normalized spacial score (nSPS) is 13.0. The molecule has 0 saturated heterocycles. The lowest BCUT2D eigenvalue weighted by Crippen LogP contribution is -2.14. The van der Waals surface area contributed by atoms with Crippen LogP contribution in [-0.2, 0) is 16.0 Å². The zero-order valence-corrected chi connectivity index (χ0v) is 17.0. The van der Waals surface area contributed by atoms with Crippen LogP contribution >= 0.6 is 11.3 Å². The first-order valence-electron chi connectivity index (χ1n) is 9.59. The molecule has 1 saturated carbocycles. The second-order valence-corrected chi connectivity index (χ2v) is 8.22. The molecule has 0 atom stereocenters. The molecule has 1 aromatic heterocycles. The third kappa shape index (κ3) is 4.80. The summed E-state index contributed by atoms with van der Waals surface area (Å²) in [6.07, 6.45) is 5.52. The summed E-state index contributed by atoms with van der Waals surface area (Å²) in [5.74, 6) is -0.542. The molecule has 2 aromatic carbocycles. The van der Waals surface area contributed by atoms with Gasteiger partial charge in [-0.25, -0.2) is 9.37 Å². The summed E-state index contributed by atoms with van der Waals surface area (Å²) in [6.45, 7) is 3.35.